The van der Waals surface area contributed by atoms with E-state index in [1.807, 2.05) is 0 Å². The number of rotatable bonds is 7. The largest absolute Gasteiger partial charge is 0.488 e. The van der Waals surface area contributed by atoms with Crippen LogP contribution in [0.15, 0.2) is 30.6 Å². The van der Waals surface area contributed by atoms with Gasteiger partial charge in [0, 0.05) is 24.8 Å². The molecular formula is C19H22ClFN2O4S. The van der Waals surface area contributed by atoms with Gasteiger partial charge in [0.15, 0.2) is 21.4 Å². The van der Waals surface area contributed by atoms with Gasteiger partial charge in [-0.05, 0) is 37.8 Å². The molecule has 9 heteroatoms. The zero-order valence-electron chi connectivity index (χ0n) is 15.3. The Balaban J connectivity index is 1.41. The fourth-order valence-electron chi connectivity index (χ4n) is 3.50. The van der Waals surface area contributed by atoms with Gasteiger partial charge in [0.05, 0.1) is 34.0 Å². The van der Waals surface area contributed by atoms with Crippen molar-refractivity contribution in [3.05, 3.63) is 41.4 Å². The van der Waals surface area contributed by atoms with Crippen LogP contribution in [0.3, 0.4) is 0 Å². The summed E-state index contributed by atoms with van der Waals surface area (Å²) in [6, 6.07) is 4.52. The van der Waals surface area contributed by atoms with Crippen molar-refractivity contribution in [1.29, 1.82) is 0 Å². The van der Waals surface area contributed by atoms with E-state index in [0.717, 1.165) is 25.7 Å². The molecule has 0 spiro atoms. The number of hydrogen-bond acceptors (Lipinski definition) is 5. The van der Waals surface area contributed by atoms with Crippen LogP contribution >= 0.6 is 11.6 Å². The molecule has 0 N–H and O–H groups in total. The number of halogens is 2. The highest BCUT2D eigenvalue weighted by atomic mass is 35.5. The molecule has 1 aliphatic carbocycles. The third-order valence-corrected chi connectivity index (χ3v) is 7.76. The van der Waals surface area contributed by atoms with Gasteiger partial charge < -0.3 is 9.47 Å². The van der Waals surface area contributed by atoms with E-state index in [1.165, 1.54) is 23.0 Å². The van der Waals surface area contributed by atoms with Crippen LogP contribution in [0.2, 0.25) is 5.02 Å². The predicted molar refractivity (Wildman–Crippen MR) is 103 cm³/mol. The molecule has 6 nitrogen and oxygen atoms in total. The molecule has 2 atom stereocenters. The van der Waals surface area contributed by atoms with Crippen LogP contribution in [-0.4, -0.2) is 48.5 Å². The monoisotopic (exact) mass is 428 g/mol. The number of benzene rings is 1. The minimum absolute atomic E-state index is 0.0972. The quantitative estimate of drug-likeness (QED) is 0.675. The lowest BCUT2D eigenvalue weighted by molar-refractivity contribution is -0.0433. The van der Waals surface area contributed by atoms with Crippen molar-refractivity contribution >= 4 is 21.4 Å². The normalized spacial score (nSPS) is 22.9. The zero-order chi connectivity index (χ0) is 19.7. The summed E-state index contributed by atoms with van der Waals surface area (Å²) in [5, 5.41) is 4.32. The highest BCUT2D eigenvalue weighted by Gasteiger charge is 2.39. The first-order chi connectivity index (χ1) is 13.4. The summed E-state index contributed by atoms with van der Waals surface area (Å²) in [5.74, 6) is -0.428. The Kier molecular flexibility index (Phi) is 5.62. The lowest BCUT2D eigenvalue weighted by atomic mass is 9.97. The van der Waals surface area contributed by atoms with Crippen molar-refractivity contribution in [2.24, 2.45) is 5.92 Å². The van der Waals surface area contributed by atoms with Gasteiger partial charge in [0.25, 0.3) is 0 Å². The second-order valence-corrected chi connectivity index (χ2v) is 10.1. The SMILES string of the molecule is O=S(=O)(C[C@H]1CCCOC1COc1ccc(-n2cc(Cl)cn2)cc1F)C1CC1. The first-order valence-corrected chi connectivity index (χ1v) is 11.5. The molecule has 2 aromatic rings. The van der Waals surface area contributed by atoms with Crippen molar-refractivity contribution in [2.45, 2.75) is 37.0 Å². The molecule has 2 heterocycles. The average molecular weight is 429 g/mol. The lowest BCUT2D eigenvalue weighted by Crippen LogP contribution is -2.39. The number of sulfone groups is 1. The van der Waals surface area contributed by atoms with Crippen LogP contribution in [0.5, 0.6) is 5.75 Å². The van der Waals surface area contributed by atoms with Crippen LogP contribution in [0.4, 0.5) is 4.39 Å². The molecular weight excluding hydrogens is 407 g/mol. The van der Waals surface area contributed by atoms with Crippen molar-refractivity contribution in [3.8, 4) is 11.4 Å². The van der Waals surface area contributed by atoms with Crippen LogP contribution in [0.1, 0.15) is 25.7 Å². The Morgan fingerprint density at radius 1 is 1.32 bits per heavy atom. The summed E-state index contributed by atoms with van der Waals surface area (Å²) in [5.41, 5.74) is 0.527. The average Bonchev–Trinajstić information content (AvgIpc) is 3.44. The lowest BCUT2D eigenvalue weighted by Gasteiger charge is -2.31. The highest BCUT2D eigenvalue weighted by Crippen LogP contribution is 2.33. The second-order valence-electron chi connectivity index (χ2n) is 7.37. The Morgan fingerprint density at radius 3 is 2.82 bits per heavy atom. The van der Waals surface area contributed by atoms with Gasteiger partial charge in [-0.1, -0.05) is 11.6 Å². The molecule has 1 aromatic carbocycles. The predicted octanol–water partition coefficient (Wildman–Crippen LogP) is 3.42. The van der Waals surface area contributed by atoms with E-state index in [-0.39, 0.29) is 35.4 Å². The minimum Gasteiger partial charge on any atom is -0.488 e. The maximum Gasteiger partial charge on any atom is 0.167 e. The molecule has 0 bridgehead atoms. The van der Waals surface area contributed by atoms with E-state index in [1.54, 1.807) is 12.3 Å². The molecule has 152 valence electrons. The Labute approximate surface area is 168 Å². The van der Waals surface area contributed by atoms with Gasteiger partial charge >= 0.3 is 0 Å². The Morgan fingerprint density at radius 2 is 2.14 bits per heavy atom. The molecule has 0 amide bonds. The second kappa shape index (κ2) is 8.00. The third-order valence-electron chi connectivity index (χ3n) is 5.19. The van der Waals surface area contributed by atoms with Gasteiger partial charge in [-0.3, -0.25) is 0 Å². The van der Waals surface area contributed by atoms with E-state index < -0.39 is 15.7 Å². The van der Waals surface area contributed by atoms with Gasteiger partial charge in [0.2, 0.25) is 0 Å². The first kappa shape index (κ1) is 19.7. The van der Waals surface area contributed by atoms with Gasteiger partial charge in [-0.15, -0.1) is 0 Å². The minimum atomic E-state index is -3.08. The summed E-state index contributed by atoms with van der Waals surface area (Å²) in [7, 11) is -3.08. The zero-order valence-corrected chi connectivity index (χ0v) is 16.8. The van der Waals surface area contributed by atoms with E-state index in [2.05, 4.69) is 5.10 Å². The van der Waals surface area contributed by atoms with Gasteiger partial charge in [-0.25, -0.2) is 17.5 Å². The molecule has 1 saturated heterocycles. The van der Waals surface area contributed by atoms with Crippen LogP contribution in [0, 0.1) is 11.7 Å². The third kappa shape index (κ3) is 4.50. The van der Waals surface area contributed by atoms with E-state index in [9.17, 15) is 12.8 Å². The van der Waals surface area contributed by atoms with Gasteiger partial charge in [-0.2, -0.15) is 5.10 Å². The van der Waals surface area contributed by atoms with Crippen molar-refractivity contribution in [3.63, 3.8) is 0 Å². The maximum absolute atomic E-state index is 14.4. The van der Waals surface area contributed by atoms with E-state index in [4.69, 9.17) is 21.1 Å². The number of aromatic nitrogens is 2. The smallest absolute Gasteiger partial charge is 0.167 e. The van der Waals surface area contributed by atoms with Crippen LogP contribution in [0.25, 0.3) is 5.69 Å². The molecule has 1 aliphatic heterocycles. The summed E-state index contributed by atoms with van der Waals surface area (Å²) < 4.78 is 52.0. The van der Waals surface area contributed by atoms with Crippen molar-refractivity contribution in [2.75, 3.05) is 19.0 Å². The Hall–Kier alpha value is -1.64. The van der Waals surface area contributed by atoms with Crippen LogP contribution < -0.4 is 4.74 Å². The van der Waals surface area contributed by atoms with E-state index in [0.29, 0.717) is 17.3 Å². The molecule has 1 saturated carbocycles. The Bertz CT molecular complexity index is 945. The summed E-state index contributed by atoms with van der Waals surface area (Å²) in [4.78, 5) is 0. The molecule has 1 aromatic heterocycles. The van der Waals surface area contributed by atoms with Gasteiger partial charge in [0.1, 0.15) is 6.61 Å². The number of ether oxygens (including phenoxy) is 2. The van der Waals surface area contributed by atoms with Crippen molar-refractivity contribution in [1.82, 2.24) is 9.78 Å². The molecule has 4 rings (SSSR count). The van der Waals surface area contributed by atoms with E-state index >= 15 is 0 Å². The molecule has 1 unspecified atom stereocenters. The summed E-state index contributed by atoms with van der Waals surface area (Å²) >= 11 is 5.84. The summed E-state index contributed by atoms with van der Waals surface area (Å²) in [6.45, 7) is 0.685. The topological polar surface area (TPSA) is 70.4 Å². The molecule has 28 heavy (non-hydrogen) atoms. The first-order valence-electron chi connectivity index (χ1n) is 9.38. The maximum atomic E-state index is 14.4. The highest BCUT2D eigenvalue weighted by molar-refractivity contribution is 7.92. The van der Waals surface area contributed by atoms with Crippen molar-refractivity contribution < 1.29 is 22.3 Å². The summed E-state index contributed by atoms with van der Waals surface area (Å²) in [6.07, 6.45) is 5.83. The fraction of sp³-hybridized carbons (Fsp3) is 0.526. The molecule has 2 aliphatic rings. The fourth-order valence-corrected chi connectivity index (χ4v) is 5.74. The molecule has 0 radical (unpaired) electrons. The standard InChI is InChI=1S/C19H22ClFN2O4S/c20-14-9-22-23(10-14)15-3-6-18(17(21)8-15)27-11-19-13(2-1-7-26-19)12-28(24,25)16-4-5-16/h3,6,8-10,13,16,19H,1-2,4-5,7,11-12H2/t13-,19?/m1/s1. The number of hydrogen-bond donors (Lipinski definition) is 0. The number of nitrogens with zero attached hydrogens (tertiary/aromatic N) is 2. The molecule has 2 fully saturated rings. The van der Waals surface area contributed by atoms with Crippen LogP contribution in [-0.2, 0) is 14.6 Å².